The number of aliphatic hydroxyl groups is 4. The second-order valence-electron chi connectivity index (χ2n) is 9.72. The maximum Gasteiger partial charge on any atom is 0.113 e. The highest BCUT2D eigenvalue weighted by molar-refractivity contribution is 5.26. The van der Waals surface area contributed by atoms with E-state index in [4.69, 9.17) is 9.47 Å². The largest absolute Gasteiger partial charge is 0.497 e. The van der Waals surface area contributed by atoms with Crippen LogP contribution >= 0.6 is 0 Å². The van der Waals surface area contributed by atoms with Gasteiger partial charge in [0.25, 0.3) is 0 Å². The summed E-state index contributed by atoms with van der Waals surface area (Å²) in [5, 5.41) is 39.6. The van der Waals surface area contributed by atoms with Gasteiger partial charge in [-0.05, 0) is 72.5 Å². The van der Waals surface area contributed by atoms with Gasteiger partial charge in [-0.3, -0.25) is 0 Å². The Morgan fingerprint density at radius 2 is 1.50 bits per heavy atom. The van der Waals surface area contributed by atoms with Crippen molar-refractivity contribution in [1.29, 1.82) is 0 Å². The summed E-state index contributed by atoms with van der Waals surface area (Å²) in [6.07, 6.45) is 3.18. The lowest BCUT2D eigenvalue weighted by atomic mass is 9.54. The first kappa shape index (κ1) is 20.5. The number of hydrogen-bond acceptors (Lipinski definition) is 6. The van der Waals surface area contributed by atoms with Crippen LogP contribution in [0.1, 0.15) is 49.3 Å². The molecule has 1 aromatic rings. The summed E-state index contributed by atoms with van der Waals surface area (Å²) in [7, 11) is 0. The third-order valence-corrected chi connectivity index (χ3v) is 7.75. The Kier molecular flexibility index (Phi) is 5.62. The first-order valence-electron chi connectivity index (χ1n) is 11.2. The summed E-state index contributed by atoms with van der Waals surface area (Å²) < 4.78 is 11.6. The molecule has 0 unspecified atom stereocenters. The number of hydrogen-bond donors (Lipinski definition) is 4. The molecule has 0 spiro atoms. The van der Waals surface area contributed by atoms with Gasteiger partial charge < -0.3 is 29.9 Å². The number of ether oxygens (including phenoxy) is 2. The van der Waals surface area contributed by atoms with Gasteiger partial charge >= 0.3 is 0 Å². The summed E-state index contributed by atoms with van der Waals surface area (Å²) >= 11 is 0. The molecule has 6 heteroatoms. The highest BCUT2D eigenvalue weighted by Gasteiger charge is 2.45. The highest BCUT2D eigenvalue weighted by Crippen LogP contribution is 2.56. The van der Waals surface area contributed by atoms with Crippen LogP contribution in [0.25, 0.3) is 0 Å². The number of allylic oxidation sites excluding steroid dienone is 1. The van der Waals surface area contributed by atoms with Gasteiger partial charge in [0, 0.05) is 0 Å². The van der Waals surface area contributed by atoms with Crippen molar-refractivity contribution in [1.82, 2.24) is 0 Å². The van der Waals surface area contributed by atoms with Gasteiger partial charge in [0.05, 0.1) is 12.9 Å². The second kappa shape index (κ2) is 8.24. The molecule has 4 bridgehead atoms. The molecule has 30 heavy (non-hydrogen) atoms. The standard InChI is InChI=1S/C24H32O6/c25-10-20-21(26)22(27)23(28)24(30-20)16-3-1-13(2-4-16)11-29-12-19-17-6-14-5-15(8-17)9-18(19)7-14/h1-4,12,14-15,17-18,20-28H,5-11H2/t14?,15?,17?,18?,20-,21+,22+,23-,24+/m1/s1. The van der Waals surface area contributed by atoms with Gasteiger partial charge in [0.1, 0.15) is 37.1 Å². The molecule has 4 saturated carbocycles. The summed E-state index contributed by atoms with van der Waals surface area (Å²) in [6, 6.07) is 7.52. The third kappa shape index (κ3) is 3.69. The summed E-state index contributed by atoms with van der Waals surface area (Å²) in [5.41, 5.74) is 3.24. The maximum absolute atomic E-state index is 10.3. The predicted octanol–water partition coefficient (Wildman–Crippen LogP) is 2.06. The van der Waals surface area contributed by atoms with E-state index in [0.29, 0.717) is 12.2 Å². The Morgan fingerprint density at radius 1 is 0.867 bits per heavy atom. The molecule has 1 saturated heterocycles. The fraction of sp³-hybridized carbons (Fsp3) is 0.667. The zero-order valence-corrected chi connectivity index (χ0v) is 17.1. The van der Waals surface area contributed by atoms with Crippen molar-refractivity contribution in [3.63, 3.8) is 0 Å². The van der Waals surface area contributed by atoms with E-state index in [1.54, 1.807) is 0 Å². The van der Waals surface area contributed by atoms with E-state index in [1.165, 1.54) is 37.7 Å². The maximum atomic E-state index is 10.3. The molecule has 0 amide bonds. The lowest BCUT2D eigenvalue weighted by Crippen LogP contribution is -2.55. The van der Waals surface area contributed by atoms with Crippen molar-refractivity contribution in [2.24, 2.45) is 23.7 Å². The van der Waals surface area contributed by atoms with Crippen molar-refractivity contribution in [2.45, 2.75) is 69.2 Å². The van der Waals surface area contributed by atoms with E-state index in [-0.39, 0.29) is 0 Å². The SMILES string of the molecule is OC[C@H]1O[C@@H](c2ccc(COC=C3C4CC5CC(C4)CC3C5)cc2)[C@H](O)[C@@H](O)[C@H]1O. The summed E-state index contributed by atoms with van der Waals surface area (Å²) in [5.74, 6) is 3.35. The van der Waals surface area contributed by atoms with E-state index in [9.17, 15) is 20.4 Å². The van der Waals surface area contributed by atoms with Crippen LogP contribution in [-0.2, 0) is 16.1 Å². The monoisotopic (exact) mass is 416 g/mol. The van der Waals surface area contributed by atoms with Crippen LogP contribution in [0.2, 0.25) is 0 Å². The van der Waals surface area contributed by atoms with Crippen LogP contribution in [0.15, 0.2) is 36.1 Å². The highest BCUT2D eigenvalue weighted by atomic mass is 16.5. The molecule has 1 aliphatic heterocycles. The van der Waals surface area contributed by atoms with Crippen LogP contribution in [0.5, 0.6) is 0 Å². The summed E-state index contributed by atoms with van der Waals surface area (Å²) in [6.45, 7) is 0.0658. The normalized spacial score (nSPS) is 42.4. The van der Waals surface area contributed by atoms with E-state index in [2.05, 4.69) is 0 Å². The molecule has 4 N–H and O–H groups in total. The lowest BCUT2D eigenvalue weighted by Gasteiger charge is -2.51. The van der Waals surface area contributed by atoms with Gasteiger partial charge in [-0.25, -0.2) is 0 Å². The Hall–Kier alpha value is -1.44. The van der Waals surface area contributed by atoms with Gasteiger partial charge in [-0.1, -0.05) is 24.3 Å². The van der Waals surface area contributed by atoms with Crippen molar-refractivity contribution in [3.8, 4) is 0 Å². The van der Waals surface area contributed by atoms with Gasteiger partial charge in [0.15, 0.2) is 0 Å². The van der Waals surface area contributed by atoms with Crippen molar-refractivity contribution < 1.29 is 29.9 Å². The van der Waals surface area contributed by atoms with Crippen LogP contribution < -0.4 is 0 Å². The second-order valence-corrected chi connectivity index (χ2v) is 9.72. The molecule has 0 aromatic heterocycles. The van der Waals surface area contributed by atoms with Crippen LogP contribution in [-0.4, -0.2) is 51.4 Å². The zero-order valence-electron chi connectivity index (χ0n) is 17.1. The first-order chi connectivity index (χ1) is 14.5. The molecule has 4 aliphatic carbocycles. The summed E-state index contributed by atoms with van der Waals surface area (Å²) in [4.78, 5) is 0. The topological polar surface area (TPSA) is 99.4 Å². The minimum Gasteiger partial charge on any atom is -0.497 e. The molecule has 1 aromatic carbocycles. The molecule has 0 radical (unpaired) electrons. The Morgan fingerprint density at radius 3 is 2.10 bits per heavy atom. The van der Waals surface area contributed by atoms with E-state index >= 15 is 0 Å². The smallest absolute Gasteiger partial charge is 0.113 e. The lowest BCUT2D eigenvalue weighted by molar-refractivity contribution is -0.231. The number of benzene rings is 1. The van der Waals surface area contributed by atoms with E-state index < -0.39 is 37.1 Å². The fourth-order valence-corrected chi connectivity index (χ4v) is 6.34. The minimum atomic E-state index is -1.36. The van der Waals surface area contributed by atoms with Crippen molar-refractivity contribution >= 4 is 0 Å². The molecule has 6 nitrogen and oxygen atoms in total. The Balaban J connectivity index is 1.21. The van der Waals surface area contributed by atoms with E-state index in [0.717, 1.165) is 29.2 Å². The van der Waals surface area contributed by atoms with Gasteiger partial charge in [-0.15, -0.1) is 0 Å². The molecule has 6 rings (SSSR count). The fourth-order valence-electron chi connectivity index (χ4n) is 6.34. The molecule has 5 aliphatic rings. The zero-order chi connectivity index (χ0) is 20.8. The average Bonchev–Trinajstić information content (AvgIpc) is 2.74. The van der Waals surface area contributed by atoms with Gasteiger partial charge in [0.2, 0.25) is 0 Å². The quantitative estimate of drug-likeness (QED) is 0.549. The number of aliphatic hydroxyl groups excluding tert-OH is 4. The van der Waals surface area contributed by atoms with Crippen LogP contribution in [0.3, 0.4) is 0 Å². The average molecular weight is 417 g/mol. The molecule has 5 fully saturated rings. The van der Waals surface area contributed by atoms with Crippen LogP contribution in [0, 0.1) is 23.7 Å². The minimum absolute atomic E-state index is 0.425. The van der Waals surface area contributed by atoms with E-state index in [1.807, 2.05) is 30.5 Å². The van der Waals surface area contributed by atoms with Gasteiger partial charge in [-0.2, -0.15) is 0 Å². The molecule has 5 atom stereocenters. The molecular formula is C24H32O6. The Bertz CT molecular complexity index is 742. The first-order valence-corrected chi connectivity index (χ1v) is 11.2. The Labute approximate surface area is 177 Å². The van der Waals surface area contributed by atoms with Crippen molar-refractivity contribution in [2.75, 3.05) is 6.61 Å². The van der Waals surface area contributed by atoms with Crippen LogP contribution in [0.4, 0.5) is 0 Å². The number of rotatable bonds is 5. The third-order valence-electron chi connectivity index (χ3n) is 7.75. The molecule has 1 heterocycles. The van der Waals surface area contributed by atoms with Crippen molar-refractivity contribution in [3.05, 3.63) is 47.2 Å². The molecular weight excluding hydrogens is 384 g/mol. The molecule has 164 valence electrons. The predicted molar refractivity (Wildman–Crippen MR) is 109 cm³/mol.